The number of aromatic nitrogens is 1. The van der Waals surface area contributed by atoms with E-state index in [4.69, 9.17) is 4.98 Å². The van der Waals surface area contributed by atoms with Crippen molar-refractivity contribution in [2.45, 2.75) is 38.6 Å². The number of fused-ring (bicyclic) bond motifs is 1. The van der Waals surface area contributed by atoms with Gasteiger partial charge >= 0.3 is 0 Å². The highest BCUT2D eigenvalue weighted by atomic mass is 16.1. The lowest BCUT2D eigenvalue weighted by atomic mass is 9.92. The summed E-state index contributed by atoms with van der Waals surface area (Å²) in [5.74, 6) is 0.0881. The average Bonchev–Trinajstić information content (AvgIpc) is 2.90. The van der Waals surface area contributed by atoms with Crippen molar-refractivity contribution in [1.82, 2.24) is 15.2 Å². The Bertz CT molecular complexity index is 1280. The number of para-hydroxylation sites is 1. The maximum absolute atomic E-state index is 13.2. The Hall–Kier alpha value is -3.50. The lowest BCUT2D eigenvalue weighted by Crippen LogP contribution is -2.45. The summed E-state index contributed by atoms with van der Waals surface area (Å²) in [6.45, 7) is 5.16. The van der Waals surface area contributed by atoms with Crippen molar-refractivity contribution in [3.05, 3.63) is 102 Å². The molecule has 1 aliphatic rings. The second kappa shape index (κ2) is 10.8. The molecule has 0 bridgehead atoms. The van der Waals surface area contributed by atoms with Gasteiger partial charge in [0, 0.05) is 36.8 Å². The molecule has 0 spiro atoms. The number of carbonyl (C=O) groups excluding carboxylic acids is 1. The highest BCUT2D eigenvalue weighted by Crippen LogP contribution is 2.33. The molecule has 35 heavy (non-hydrogen) atoms. The van der Waals surface area contributed by atoms with E-state index >= 15 is 0 Å². The molecule has 1 aliphatic heterocycles. The molecule has 1 saturated heterocycles. The number of hydrogen-bond donors (Lipinski definition) is 1. The number of amides is 1. The third kappa shape index (κ3) is 5.60. The number of hydrogen-bond acceptors (Lipinski definition) is 3. The normalized spacial score (nSPS) is 14.8. The van der Waals surface area contributed by atoms with Crippen LogP contribution in [0.25, 0.3) is 22.0 Å². The highest BCUT2D eigenvalue weighted by Gasteiger charge is 2.22. The molecule has 0 atom stereocenters. The fourth-order valence-corrected chi connectivity index (χ4v) is 5.20. The quantitative estimate of drug-likeness (QED) is 0.389. The molecular formula is C31H33N3O. The van der Waals surface area contributed by atoms with E-state index in [1.165, 1.54) is 5.56 Å². The number of aryl methyl sites for hydroxylation is 1. The van der Waals surface area contributed by atoms with E-state index < -0.39 is 0 Å². The Morgan fingerprint density at radius 1 is 0.914 bits per heavy atom. The summed E-state index contributed by atoms with van der Waals surface area (Å²) in [6.07, 6.45) is 3.43. The van der Waals surface area contributed by atoms with Crippen molar-refractivity contribution in [2.75, 3.05) is 19.6 Å². The van der Waals surface area contributed by atoms with E-state index in [0.717, 1.165) is 72.2 Å². The first-order valence-electron chi connectivity index (χ1n) is 12.7. The second-order valence-corrected chi connectivity index (χ2v) is 9.53. The summed E-state index contributed by atoms with van der Waals surface area (Å²) < 4.78 is 0. The van der Waals surface area contributed by atoms with E-state index in [2.05, 4.69) is 70.9 Å². The Kier molecular flexibility index (Phi) is 7.20. The standard InChI is InChI=1S/C31H33N3O/c1-23-28(31(25-12-6-3-7-13-25)27-14-8-9-15-29(27)32-23)22-30(35)33-26-17-20-34(21-18-26)19-16-24-10-4-2-5-11-24/h2-15,26H,16-22H2,1H3,(H,33,35). The zero-order valence-electron chi connectivity index (χ0n) is 20.4. The van der Waals surface area contributed by atoms with Crippen molar-refractivity contribution >= 4 is 16.8 Å². The van der Waals surface area contributed by atoms with Crippen LogP contribution in [0.2, 0.25) is 0 Å². The topological polar surface area (TPSA) is 45.2 Å². The van der Waals surface area contributed by atoms with Crippen molar-refractivity contribution in [2.24, 2.45) is 0 Å². The van der Waals surface area contributed by atoms with Gasteiger partial charge in [-0.05, 0) is 54.5 Å². The van der Waals surface area contributed by atoms with Gasteiger partial charge in [-0.2, -0.15) is 0 Å². The molecule has 3 aromatic carbocycles. The number of nitrogens with one attached hydrogen (secondary N) is 1. The third-order valence-corrected chi connectivity index (χ3v) is 7.11. The monoisotopic (exact) mass is 463 g/mol. The summed E-state index contributed by atoms with van der Waals surface area (Å²) in [4.78, 5) is 20.5. The van der Waals surface area contributed by atoms with Crippen molar-refractivity contribution in [3.63, 3.8) is 0 Å². The van der Waals surface area contributed by atoms with Crippen LogP contribution in [0.1, 0.15) is 29.7 Å². The van der Waals surface area contributed by atoms with Crippen molar-refractivity contribution in [3.8, 4) is 11.1 Å². The minimum atomic E-state index is 0.0881. The largest absolute Gasteiger partial charge is 0.353 e. The smallest absolute Gasteiger partial charge is 0.224 e. The van der Waals surface area contributed by atoms with Crippen LogP contribution >= 0.6 is 0 Å². The lowest BCUT2D eigenvalue weighted by Gasteiger charge is -2.32. The molecule has 178 valence electrons. The summed E-state index contributed by atoms with van der Waals surface area (Å²) in [5.41, 5.74) is 6.55. The number of pyridine rings is 1. The fraction of sp³-hybridized carbons (Fsp3) is 0.290. The third-order valence-electron chi connectivity index (χ3n) is 7.11. The maximum atomic E-state index is 13.2. The van der Waals surface area contributed by atoms with Gasteiger partial charge < -0.3 is 10.2 Å². The number of rotatable bonds is 7. The van der Waals surface area contributed by atoms with Crippen LogP contribution < -0.4 is 5.32 Å². The molecule has 0 saturated carbocycles. The fourth-order valence-electron chi connectivity index (χ4n) is 5.20. The molecule has 4 aromatic rings. The van der Waals surface area contributed by atoms with E-state index in [9.17, 15) is 4.79 Å². The highest BCUT2D eigenvalue weighted by molar-refractivity contribution is 5.98. The number of benzene rings is 3. The Morgan fingerprint density at radius 3 is 2.31 bits per heavy atom. The molecule has 1 N–H and O–H groups in total. The zero-order chi connectivity index (χ0) is 24.0. The SMILES string of the molecule is Cc1nc2ccccc2c(-c2ccccc2)c1CC(=O)NC1CCN(CCc2ccccc2)CC1. The lowest BCUT2D eigenvalue weighted by molar-refractivity contribution is -0.121. The van der Waals surface area contributed by atoms with Gasteiger partial charge in [0.1, 0.15) is 0 Å². The Morgan fingerprint density at radius 2 is 1.57 bits per heavy atom. The van der Waals surface area contributed by atoms with E-state index in [1.54, 1.807) is 0 Å². The molecular weight excluding hydrogens is 430 g/mol. The molecule has 0 unspecified atom stereocenters. The molecule has 2 heterocycles. The summed E-state index contributed by atoms with van der Waals surface area (Å²) in [6, 6.07) is 29.5. The summed E-state index contributed by atoms with van der Waals surface area (Å²) in [7, 11) is 0. The van der Waals surface area contributed by atoms with Crippen LogP contribution in [-0.2, 0) is 17.6 Å². The molecule has 5 rings (SSSR count). The van der Waals surface area contributed by atoms with Gasteiger partial charge in [0.25, 0.3) is 0 Å². The summed E-state index contributed by atoms with van der Waals surface area (Å²) >= 11 is 0. The van der Waals surface area contributed by atoms with Gasteiger partial charge in [-0.3, -0.25) is 9.78 Å². The van der Waals surface area contributed by atoms with E-state index in [0.29, 0.717) is 6.42 Å². The first kappa shape index (κ1) is 23.3. The van der Waals surface area contributed by atoms with Gasteiger partial charge in [0.05, 0.1) is 11.9 Å². The molecule has 1 amide bonds. The predicted octanol–water partition coefficient (Wildman–Crippen LogP) is 5.58. The molecule has 1 fully saturated rings. The first-order valence-corrected chi connectivity index (χ1v) is 12.7. The van der Waals surface area contributed by atoms with E-state index in [-0.39, 0.29) is 11.9 Å². The number of carbonyl (C=O) groups is 1. The maximum Gasteiger partial charge on any atom is 0.224 e. The minimum absolute atomic E-state index is 0.0881. The van der Waals surface area contributed by atoms with Gasteiger partial charge in [-0.15, -0.1) is 0 Å². The molecule has 0 radical (unpaired) electrons. The second-order valence-electron chi connectivity index (χ2n) is 9.53. The van der Waals surface area contributed by atoms with Crippen LogP contribution in [0, 0.1) is 6.92 Å². The number of piperidine rings is 1. The van der Waals surface area contributed by atoms with Crippen LogP contribution in [0.5, 0.6) is 0 Å². The van der Waals surface area contributed by atoms with Crippen LogP contribution in [0.15, 0.2) is 84.9 Å². The average molecular weight is 464 g/mol. The van der Waals surface area contributed by atoms with Gasteiger partial charge in [-0.25, -0.2) is 0 Å². The number of nitrogens with zero attached hydrogens (tertiary/aromatic N) is 2. The van der Waals surface area contributed by atoms with Crippen LogP contribution in [0.4, 0.5) is 0 Å². The minimum Gasteiger partial charge on any atom is -0.353 e. The van der Waals surface area contributed by atoms with Crippen LogP contribution in [0.3, 0.4) is 0 Å². The van der Waals surface area contributed by atoms with E-state index in [1.807, 2.05) is 31.2 Å². The molecule has 4 nitrogen and oxygen atoms in total. The predicted molar refractivity (Wildman–Crippen MR) is 143 cm³/mol. The van der Waals surface area contributed by atoms with Crippen molar-refractivity contribution in [1.29, 1.82) is 0 Å². The molecule has 0 aliphatic carbocycles. The van der Waals surface area contributed by atoms with Gasteiger partial charge in [-0.1, -0.05) is 78.9 Å². The van der Waals surface area contributed by atoms with Gasteiger partial charge in [0.2, 0.25) is 5.91 Å². The van der Waals surface area contributed by atoms with Crippen molar-refractivity contribution < 1.29 is 4.79 Å². The Balaban J connectivity index is 1.25. The van der Waals surface area contributed by atoms with Crippen LogP contribution in [-0.4, -0.2) is 41.5 Å². The Labute approximate surface area is 208 Å². The van der Waals surface area contributed by atoms with Gasteiger partial charge in [0.15, 0.2) is 0 Å². The summed E-state index contributed by atoms with van der Waals surface area (Å²) in [5, 5.41) is 4.42. The molecule has 4 heteroatoms. The first-order chi connectivity index (χ1) is 17.2. The molecule has 1 aromatic heterocycles. The zero-order valence-corrected chi connectivity index (χ0v) is 20.4. The number of likely N-dealkylation sites (tertiary alicyclic amines) is 1.